The third-order valence-corrected chi connectivity index (χ3v) is 4.23. The zero-order valence-corrected chi connectivity index (χ0v) is 13.4. The molecular formula is C16H19BrFNO2. The Labute approximate surface area is 132 Å². The summed E-state index contributed by atoms with van der Waals surface area (Å²) in [7, 11) is 0. The lowest BCUT2D eigenvalue weighted by Gasteiger charge is -2.27. The summed E-state index contributed by atoms with van der Waals surface area (Å²) in [6.07, 6.45) is 6.74. The summed E-state index contributed by atoms with van der Waals surface area (Å²) < 4.78 is 14.4. The Morgan fingerprint density at radius 3 is 3.00 bits per heavy atom. The van der Waals surface area contributed by atoms with Crippen LogP contribution in [0.1, 0.15) is 31.2 Å². The Hall–Kier alpha value is -1.20. The Morgan fingerprint density at radius 1 is 1.43 bits per heavy atom. The van der Waals surface area contributed by atoms with Crippen molar-refractivity contribution in [2.45, 2.75) is 31.7 Å². The molecule has 1 atom stereocenters. The summed E-state index contributed by atoms with van der Waals surface area (Å²) in [5.41, 5.74) is 0.369. The first-order chi connectivity index (χ1) is 10.1. The highest BCUT2D eigenvalue weighted by molar-refractivity contribution is 9.10. The zero-order chi connectivity index (χ0) is 15.2. The lowest BCUT2D eigenvalue weighted by Crippen LogP contribution is -2.41. The maximum Gasteiger partial charge on any atom is 0.246 e. The molecule has 3 nitrogen and oxygen atoms in total. The number of carbonyl (C=O) groups excluding carboxylic acids is 1. The smallest absolute Gasteiger partial charge is 0.246 e. The van der Waals surface area contributed by atoms with Crippen molar-refractivity contribution in [2.24, 2.45) is 0 Å². The predicted octanol–water partition coefficient (Wildman–Crippen LogP) is 3.36. The molecule has 1 aromatic carbocycles. The third kappa shape index (κ3) is 4.38. The van der Waals surface area contributed by atoms with Gasteiger partial charge in [-0.1, -0.05) is 28.8 Å². The minimum Gasteiger partial charge on any atom is -0.394 e. The highest BCUT2D eigenvalue weighted by Gasteiger charge is 2.23. The summed E-state index contributed by atoms with van der Waals surface area (Å²) in [6, 6.07) is 4.48. The largest absolute Gasteiger partial charge is 0.394 e. The van der Waals surface area contributed by atoms with E-state index in [4.69, 9.17) is 0 Å². The lowest BCUT2D eigenvalue weighted by molar-refractivity contribution is -0.129. The van der Waals surface area contributed by atoms with Gasteiger partial charge in [-0.2, -0.15) is 0 Å². The van der Waals surface area contributed by atoms with Gasteiger partial charge in [0, 0.05) is 22.7 Å². The molecule has 1 amide bonds. The number of carbonyl (C=O) groups is 1. The fourth-order valence-electron chi connectivity index (χ4n) is 2.56. The molecule has 1 unspecified atom stereocenters. The Kier molecular flexibility index (Phi) is 5.94. The number of aliphatic hydroxyl groups excluding tert-OH is 1. The predicted molar refractivity (Wildman–Crippen MR) is 84.2 cm³/mol. The molecule has 21 heavy (non-hydrogen) atoms. The Balaban J connectivity index is 2.11. The molecule has 1 N–H and O–H groups in total. The maximum atomic E-state index is 13.6. The van der Waals surface area contributed by atoms with Crippen molar-refractivity contribution in [2.75, 3.05) is 13.2 Å². The van der Waals surface area contributed by atoms with Gasteiger partial charge < -0.3 is 10.0 Å². The molecule has 5 heteroatoms. The van der Waals surface area contributed by atoms with Crippen LogP contribution in [0.3, 0.4) is 0 Å². The van der Waals surface area contributed by atoms with Crippen molar-refractivity contribution in [1.82, 2.24) is 4.90 Å². The lowest BCUT2D eigenvalue weighted by atomic mass is 10.1. The van der Waals surface area contributed by atoms with Crippen LogP contribution in [0.4, 0.5) is 4.39 Å². The van der Waals surface area contributed by atoms with Crippen LogP contribution >= 0.6 is 15.9 Å². The normalized spacial score (nSPS) is 19.8. The van der Waals surface area contributed by atoms with E-state index in [1.54, 1.807) is 17.0 Å². The van der Waals surface area contributed by atoms with Crippen molar-refractivity contribution in [3.63, 3.8) is 0 Å². The second kappa shape index (κ2) is 7.71. The van der Waals surface area contributed by atoms with Crippen molar-refractivity contribution >= 4 is 27.9 Å². The second-order valence-electron chi connectivity index (χ2n) is 5.22. The minimum atomic E-state index is -0.364. The van der Waals surface area contributed by atoms with Crippen LogP contribution in [-0.2, 0) is 4.79 Å². The van der Waals surface area contributed by atoms with E-state index in [2.05, 4.69) is 15.9 Å². The number of amides is 1. The average molecular weight is 356 g/mol. The van der Waals surface area contributed by atoms with E-state index in [-0.39, 0.29) is 24.4 Å². The minimum absolute atomic E-state index is 0.0230. The molecule has 1 heterocycles. The molecule has 1 aliphatic rings. The standard InChI is InChI=1S/C16H19BrFNO2/c17-13-6-7-15(18)12(10-13)5-8-16(21)19-9-3-1-2-4-14(19)11-20/h5-8,10,14,20H,1-4,9,11H2/b8-5+. The van der Waals surface area contributed by atoms with E-state index in [0.717, 1.165) is 30.2 Å². The molecule has 0 spiro atoms. The SMILES string of the molecule is O=C(/C=C/c1cc(Br)ccc1F)N1CCCCCC1CO. The van der Waals surface area contributed by atoms with Gasteiger partial charge in [0.25, 0.3) is 0 Å². The average Bonchev–Trinajstić information content (AvgIpc) is 2.73. The van der Waals surface area contributed by atoms with Crippen LogP contribution in [0.2, 0.25) is 0 Å². The van der Waals surface area contributed by atoms with E-state index < -0.39 is 0 Å². The highest BCUT2D eigenvalue weighted by atomic mass is 79.9. The molecule has 0 radical (unpaired) electrons. The van der Waals surface area contributed by atoms with Gasteiger partial charge in [-0.3, -0.25) is 4.79 Å². The van der Waals surface area contributed by atoms with Gasteiger partial charge in [-0.15, -0.1) is 0 Å². The molecular weight excluding hydrogens is 337 g/mol. The number of nitrogens with zero attached hydrogens (tertiary/aromatic N) is 1. The number of benzene rings is 1. The van der Waals surface area contributed by atoms with Gasteiger partial charge in [0.1, 0.15) is 5.82 Å². The van der Waals surface area contributed by atoms with Gasteiger partial charge >= 0.3 is 0 Å². The third-order valence-electron chi connectivity index (χ3n) is 3.73. The second-order valence-corrected chi connectivity index (χ2v) is 6.13. The summed E-state index contributed by atoms with van der Waals surface area (Å²) >= 11 is 3.28. The fourth-order valence-corrected chi connectivity index (χ4v) is 2.94. The monoisotopic (exact) mass is 355 g/mol. The van der Waals surface area contributed by atoms with Crippen LogP contribution in [0.5, 0.6) is 0 Å². The zero-order valence-electron chi connectivity index (χ0n) is 11.8. The van der Waals surface area contributed by atoms with Crippen LogP contribution in [0, 0.1) is 5.82 Å². The summed E-state index contributed by atoms with van der Waals surface area (Å²) in [5.74, 6) is -0.535. The number of hydrogen-bond acceptors (Lipinski definition) is 2. The number of aliphatic hydroxyl groups is 1. The van der Waals surface area contributed by atoms with Gasteiger partial charge in [-0.25, -0.2) is 4.39 Å². The van der Waals surface area contributed by atoms with E-state index >= 15 is 0 Å². The van der Waals surface area contributed by atoms with E-state index in [1.165, 1.54) is 18.2 Å². The molecule has 0 aromatic heterocycles. The number of halogens is 2. The van der Waals surface area contributed by atoms with E-state index in [1.807, 2.05) is 0 Å². The molecule has 1 fully saturated rings. The highest BCUT2D eigenvalue weighted by Crippen LogP contribution is 2.19. The molecule has 0 bridgehead atoms. The van der Waals surface area contributed by atoms with Gasteiger partial charge in [0.15, 0.2) is 0 Å². The number of hydrogen-bond donors (Lipinski definition) is 1. The summed E-state index contributed by atoms with van der Waals surface area (Å²) in [6.45, 7) is 0.625. The van der Waals surface area contributed by atoms with Crippen molar-refractivity contribution < 1.29 is 14.3 Å². The van der Waals surface area contributed by atoms with Crippen LogP contribution in [0.15, 0.2) is 28.7 Å². The Morgan fingerprint density at radius 2 is 2.24 bits per heavy atom. The maximum absolute atomic E-state index is 13.6. The first-order valence-electron chi connectivity index (χ1n) is 7.16. The van der Waals surface area contributed by atoms with E-state index in [0.29, 0.717) is 12.1 Å². The van der Waals surface area contributed by atoms with E-state index in [9.17, 15) is 14.3 Å². The molecule has 0 saturated carbocycles. The molecule has 1 aromatic rings. The first kappa shape index (κ1) is 16.2. The quantitative estimate of drug-likeness (QED) is 0.844. The summed E-state index contributed by atoms with van der Waals surface area (Å²) in [4.78, 5) is 14.0. The van der Waals surface area contributed by atoms with Crippen LogP contribution in [0.25, 0.3) is 6.08 Å². The van der Waals surface area contributed by atoms with Crippen molar-refractivity contribution in [3.8, 4) is 0 Å². The van der Waals surface area contributed by atoms with Crippen LogP contribution in [-0.4, -0.2) is 35.1 Å². The number of rotatable bonds is 3. The van der Waals surface area contributed by atoms with Crippen molar-refractivity contribution in [3.05, 3.63) is 40.1 Å². The van der Waals surface area contributed by atoms with Gasteiger partial charge in [-0.05, 0) is 37.1 Å². The molecule has 0 aliphatic carbocycles. The van der Waals surface area contributed by atoms with Crippen LogP contribution < -0.4 is 0 Å². The van der Waals surface area contributed by atoms with Gasteiger partial charge in [0.2, 0.25) is 5.91 Å². The topological polar surface area (TPSA) is 40.5 Å². The Bertz CT molecular complexity index is 533. The van der Waals surface area contributed by atoms with Gasteiger partial charge in [0.05, 0.1) is 12.6 Å². The molecule has 2 rings (SSSR count). The molecule has 1 saturated heterocycles. The molecule has 114 valence electrons. The first-order valence-corrected chi connectivity index (χ1v) is 7.95. The fraction of sp³-hybridized carbons (Fsp3) is 0.438. The van der Waals surface area contributed by atoms with Crippen molar-refractivity contribution in [1.29, 1.82) is 0 Å². The summed E-state index contributed by atoms with van der Waals surface area (Å²) in [5, 5.41) is 9.42. The molecule has 1 aliphatic heterocycles. The number of likely N-dealkylation sites (tertiary alicyclic amines) is 1.